The van der Waals surface area contributed by atoms with Gasteiger partial charge in [-0.3, -0.25) is 4.90 Å². The van der Waals surface area contributed by atoms with Crippen LogP contribution in [-0.2, 0) is 5.54 Å². The van der Waals surface area contributed by atoms with Gasteiger partial charge in [-0.05, 0) is 89.3 Å². The Labute approximate surface area is 147 Å². The Bertz CT molecular complexity index is 526. The average Bonchev–Trinajstić information content (AvgIpc) is 2.62. The number of phenolic OH excluding ortho intramolecular Hbond substituents is 1. The summed E-state index contributed by atoms with van der Waals surface area (Å²) in [6, 6.07) is 8.67. The SMILES string of the molecule is CCC1CCN(C2CCC(c3cccc(O)c3)(N(C)C)CC2)CC1. The largest absolute Gasteiger partial charge is 0.508 e. The third-order valence-electron chi connectivity index (χ3n) is 6.76. The van der Waals surface area contributed by atoms with Crippen LogP contribution in [-0.4, -0.2) is 48.1 Å². The lowest BCUT2D eigenvalue weighted by atomic mass is 9.73. The van der Waals surface area contributed by atoms with Gasteiger partial charge in [0, 0.05) is 11.6 Å². The molecule has 0 bridgehead atoms. The fraction of sp³-hybridized carbons (Fsp3) is 0.714. The monoisotopic (exact) mass is 330 g/mol. The van der Waals surface area contributed by atoms with Crippen LogP contribution in [0, 0.1) is 5.92 Å². The van der Waals surface area contributed by atoms with Gasteiger partial charge in [0.2, 0.25) is 0 Å². The van der Waals surface area contributed by atoms with Crippen molar-refractivity contribution >= 4 is 0 Å². The molecule has 1 N–H and O–H groups in total. The predicted molar refractivity (Wildman–Crippen MR) is 100 cm³/mol. The van der Waals surface area contributed by atoms with Crippen molar-refractivity contribution in [3.63, 3.8) is 0 Å². The molecule has 3 nitrogen and oxygen atoms in total. The van der Waals surface area contributed by atoms with Crippen molar-refractivity contribution in [2.24, 2.45) is 5.92 Å². The van der Waals surface area contributed by atoms with Crippen molar-refractivity contribution < 1.29 is 5.11 Å². The van der Waals surface area contributed by atoms with Crippen LogP contribution in [0.4, 0.5) is 0 Å². The summed E-state index contributed by atoms with van der Waals surface area (Å²) in [6.45, 7) is 4.93. The van der Waals surface area contributed by atoms with Crippen LogP contribution in [0.3, 0.4) is 0 Å². The molecule has 1 aliphatic carbocycles. The van der Waals surface area contributed by atoms with Crippen molar-refractivity contribution in [2.75, 3.05) is 27.2 Å². The normalized spacial score (nSPS) is 29.9. The molecule has 1 saturated carbocycles. The zero-order valence-corrected chi connectivity index (χ0v) is 15.7. The molecule has 0 atom stereocenters. The van der Waals surface area contributed by atoms with Crippen LogP contribution in [0.1, 0.15) is 57.4 Å². The smallest absolute Gasteiger partial charge is 0.115 e. The Morgan fingerprint density at radius 1 is 1.12 bits per heavy atom. The first-order valence-corrected chi connectivity index (χ1v) is 9.76. The second-order valence-electron chi connectivity index (χ2n) is 8.10. The Hall–Kier alpha value is -1.06. The average molecular weight is 331 g/mol. The highest BCUT2D eigenvalue weighted by Crippen LogP contribution is 2.43. The van der Waals surface area contributed by atoms with Crippen molar-refractivity contribution in [1.82, 2.24) is 9.80 Å². The molecule has 0 amide bonds. The van der Waals surface area contributed by atoms with E-state index in [9.17, 15) is 5.11 Å². The Morgan fingerprint density at radius 3 is 2.33 bits per heavy atom. The van der Waals surface area contributed by atoms with E-state index < -0.39 is 0 Å². The maximum atomic E-state index is 9.92. The van der Waals surface area contributed by atoms with Gasteiger partial charge in [0.25, 0.3) is 0 Å². The van der Waals surface area contributed by atoms with Gasteiger partial charge in [-0.15, -0.1) is 0 Å². The van der Waals surface area contributed by atoms with Gasteiger partial charge in [-0.25, -0.2) is 0 Å². The van der Waals surface area contributed by atoms with Crippen molar-refractivity contribution in [3.05, 3.63) is 29.8 Å². The van der Waals surface area contributed by atoms with Crippen LogP contribution in [0.25, 0.3) is 0 Å². The third kappa shape index (κ3) is 3.48. The molecule has 1 heterocycles. The zero-order valence-electron chi connectivity index (χ0n) is 15.7. The van der Waals surface area contributed by atoms with Crippen molar-refractivity contribution in [1.29, 1.82) is 0 Å². The summed E-state index contributed by atoms with van der Waals surface area (Å²) < 4.78 is 0. The Balaban J connectivity index is 1.67. The molecule has 3 rings (SSSR count). The standard InChI is InChI=1S/C21H34N2O/c1-4-17-10-14-23(15-11-17)19-8-12-21(13-9-19,22(2)3)18-6-5-7-20(24)16-18/h5-7,16-17,19,24H,4,8-15H2,1-3H3. The number of rotatable bonds is 4. The lowest BCUT2D eigenvalue weighted by molar-refractivity contribution is 0.0353. The second-order valence-corrected chi connectivity index (χ2v) is 8.10. The minimum absolute atomic E-state index is 0.0803. The van der Waals surface area contributed by atoms with Gasteiger partial charge in [0.15, 0.2) is 0 Å². The van der Waals surface area contributed by atoms with E-state index in [1.54, 1.807) is 6.07 Å². The van der Waals surface area contributed by atoms with Crippen LogP contribution in [0.5, 0.6) is 5.75 Å². The highest BCUT2D eigenvalue weighted by molar-refractivity contribution is 5.33. The number of phenols is 1. The molecule has 0 spiro atoms. The van der Waals surface area contributed by atoms with E-state index in [-0.39, 0.29) is 5.54 Å². The lowest BCUT2D eigenvalue weighted by Crippen LogP contribution is -2.50. The highest BCUT2D eigenvalue weighted by Gasteiger charge is 2.40. The number of likely N-dealkylation sites (tertiary alicyclic amines) is 1. The summed E-state index contributed by atoms with van der Waals surface area (Å²) in [5, 5.41) is 9.92. The topological polar surface area (TPSA) is 26.7 Å². The minimum atomic E-state index is 0.0803. The number of piperidine rings is 1. The molecule has 1 aromatic rings. The van der Waals surface area contributed by atoms with E-state index in [2.05, 4.69) is 36.9 Å². The summed E-state index contributed by atoms with van der Waals surface area (Å²) in [4.78, 5) is 5.13. The van der Waals surface area contributed by atoms with Gasteiger partial charge >= 0.3 is 0 Å². The molecule has 0 aromatic heterocycles. The fourth-order valence-electron chi connectivity index (χ4n) is 4.96. The molecule has 0 unspecified atom stereocenters. The van der Waals surface area contributed by atoms with Crippen molar-refractivity contribution in [3.8, 4) is 5.75 Å². The van der Waals surface area contributed by atoms with Gasteiger partial charge in [0.05, 0.1) is 0 Å². The number of benzene rings is 1. The lowest BCUT2D eigenvalue weighted by Gasteiger charge is -2.48. The van der Waals surface area contributed by atoms with E-state index in [4.69, 9.17) is 0 Å². The molecule has 2 aliphatic rings. The maximum absolute atomic E-state index is 9.92. The molecule has 24 heavy (non-hydrogen) atoms. The first-order chi connectivity index (χ1) is 11.5. The minimum Gasteiger partial charge on any atom is -0.508 e. The summed E-state index contributed by atoms with van der Waals surface area (Å²) in [6.07, 6.45) is 9.02. The predicted octanol–water partition coefficient (Wildman–Crippen LogP) is 4.21. The van der Waals surface area contributed by atoms with E-state index >= 15 is 0 Å². The molecule has 3 heteroatoms. The van der Waals surface area contributed by atoms with Crippen LogP contribution in [0.2, 0.25) is 0 Å². The van der Waals surface area contributed by atoms with Crippen molar-refractivity contribution in [2.45, 2.75) is 63.5 Å². The number of aromatic hydroxyl groups is 1. The molecule has 1 saturated heterocycles. The summed E-state index contributed by atoms with van der Waals surface area (Å²) in [5.74, 6) is 1.34. The quantitative estimate of drug-likeness (QED) is 0.895. The summed E-state index contributed by atoms with van der Waals surface area (Å²) >= 11 is 0. The Kier molecular flexibility index (Phi) is 5.51. The van der Waals surface area contributed by atoms with Gasteiger partial charge in [0.1, 0.15) is 5.75 Å². The van der Waals surface area contributed by atoms with E-state index in [0.29, 0.717) is 5.75 Å². The second kappa shape index (κ2) is 7.45. The Morgan fingerprint density at radius 2 is 1.79 bits per heavy atom. The number of hydrogen-bond donors (Lipinski definition) is 1. The van der Waals surface area contributed by atoms with Crippen LogP contribution < -0.4 is 0 Å². The zero-order chi connectivity index (χ0) is 17.2. The van der Waals surface area contributed by atoms with E-state index in [1.807, 2.05) is 12.1 Å². The van der Waals surface area contributed by atoms with E-state index in [1.165, 1.54) is 63.6 Å². The molecule has 1 aromatic carbocycles. The highest BCUT2D eigenvalue weighted by atomic mass is 16.3. The first kappa shape index (κ1) is 17.8. The van der Waals surface area contributed by atoms with Crippen LogP contribution >= 0.6 is 0 Å². The molecule has 2 fully saturated rings. The van der Waals surface area contributed by atoms with Gasteiger partial charge < -0.3 is 10.0 Å². The van der Waals surface area contributed by atoms with E-state index in [0.717, 1.165) is 12.0 Å². The maximum Gasteiger partial charge on any atom is 0.115 e. The summed E-state index contributed by atoms with van der Waals surface area (Å²) in [7, 11) is 4.38. The molecule has 1 aliphatic heterocycles. The molecular formula is C21H34N2O. The molecule has 0 radical (unpaired) electrons. The summed E-state index contributed by atoms with van der Waals surface area (Å²) in [5.41, 5.74) is 1.35. The number of hydrogen-bond acceptors (Lipinski definition) is 3. The molecular weight excluding hydrogens is 296 g/mol. The molecule has 134 valence electrons. The third-order valence-corrected chi connectivity index (χ3v) is 6.76. The fourth-order valence-corrected chi connectivity index (χ4v) is 4.96. The van der Waals surface area contributed by atoms with Gasteiger partial charge in [-0.1, -0.05) is 25.5 Å². The van der Waals surface area contributed by atoms with Crippen LogP contribution in [0.15, 0.2) is 24.3 Å². The number of nitrogens with zero attached hydrogens (tertiary/aromatic N) is 2. The van der Waals surface area contributed by atoms with Gasteiger partial charge in [-0.2, -0.15) is 0 Å². The first-order valence-electron chi connectivity index (χ1n) is 9.76.